The van der Waals surface area contributed by atoms with Gasteiger partial charge in [0, 0.05) is 23.7 Å². The first-order valence-electron chi connectivity index (χ1n) is 7.19. The maximum atomic E-state index is 14.7. The first-order valence-corrected chi connectivity index (χ1v) is 7.94. The Morgan fingerprint density at radius 1 is 1.08 bits per heavy atom. The number of halogens is 5. The molecule has 0 bridgehead atoms. The molecule has 1 heterocycles. The Morgan fingerprint density at radius 2 is 1.80 bits per heavy atom. The summed E-state index contributed by atoms with van der Waals surface area (Å²) in [6.45, 7) is 0.955. The largest absolute Gasteiger partial charge is 0.386 e. The van der Waals surface area contributed by atoms with E-state index in [0.29, 0.717) is 6.07 Å². The fourth-order valence-electron chi connectivity index (χ4n) is 3.01. The highest BCUT2D eigenvalue weighted by Gasteiger charge is 2.52. The van der Waals surface area contributed by atoms with Crippen LogP contribution in [0.15, 0.2) is 52.8 Å². The van der Waals surface area contributed by atoms with Crippen LogP contribution in [-0.2, 0) is 0 Å². The molecule has 3 rings (SSSR count). The molecule has 0 aliphatic carbocycles. The highest BCUT2D eigenvalue weighted by molar-refractivity contribution is 6.68. The molecule has 2 aromatic carbocycles. The average molecular weight is 388 g/mol. The van der Waals surface area contributed by atoms with E-state index >= 15 is 0 Å². The van der Waals surface area contributed by atoms with Crippen LogP contribution in [0.25, 0.3) is 0 Å². The summed E-state index contributed by atoms with van der Waals surface area (Å²) in [5, 5.41) is 9.59. The quantitative estimate of drug-likeness (QED) is 0.567. The third kappa shape index (κ3) is 2.57. The lowest BCUT2D eigenvalue weighted by Gasteiger charge is -2.33. The van der Waals surface area contributed by atoms with Gasteiger partial charge in [-0.05, 0) is 25.1 Å². The lowest BCUT2D eigenvalue weighted by atomic mass is 10.1. The number of para-hydroxylation sites is 1. The number of hydrogen-bond donors (Lipinski definition) is 1. The van der Waals surface area contributed by atoms with Gasteiger partial charge < -0.3 is 5.11 Å². The van der Waals surface area contributed by atoms with Crippen molar-refractivity contribution in [2.45, 2.75) is 6.92 Å². The summed E-state index contributed by atoms with van der Waals surface area (Å²) in [4.78, 5) is 4.08. The number of quaternary nitrogens is 1. The van der Waals surface area contributed by atoms with Gasteiger partial charge in [0.2, 0.25) is 5.69 Å². The van der Waals surface area contributed by atoms with Crippen molar-refractivity contribution in [1.82, 2.24) is 4.48 Å². The van der Waals surface area contributed by atoms with E-state index < -0.39 is 28.5 Å². The molecule has 3 nitrogen and oxygen atoms in total. The molecule has 25 heavy (non-hydrogen) atoms. The van der Waals surface area contributed by atoms with Gasteiger partial charge in [-0.2, -0.15) is 9.48 Å². The van der Waals surface area contributed by atoms with Crippen LogP contribution in [-0.4, -0.2) is 17.0 Å². The molecule has 1 aliphatic rings. The molecule has 0 radical (unpaired) electrons. The van der Waals surface area contributed by atoms with Gasteiger partial charge in [0.15, 0.2) is 23.0 Å². The van der Waals surface area contributed by atoms with Gasteiger partial charge in [0.1, 0.15) is 23.1 Å². The van der Waals surface area contributed by atoms with Crippen LogP contribution in [0.5, 0.6) is 0 Å². The number of aliphatic imine (C=N–C) groups is 1. The fourth-order valence-corrected chi connectivity index (χ4v) is 3.70. The molecule has 2 aromatic rings. The third-order valence-electron chi connectivity index (χ3n) is 4.05. The van der Waals surface area contributed by atoms with Gasteiger partial charge in [-0.3, -0.25) is 0 Å². The minimum absolute atomic E-state index is 0.0438. The topological polar surface area (TPSA) is 32.6 Å². The van der Waals surface area contributed by atoms with Gasteiger partial charge >= 0.3 is 5.29 Å². The number of aliphatic hydroxyl groups is 1. The maximum Gasteiger partial charge on any atom is 0.315 e. The third-order valence-corrected chi connectivity index (χ3v) is 4.70. The van der Waals surface area contributed by atoms with Gasteiger partial charge in [-0.15, -0.1) is 0 Å². The maximum absolute atomic E-state index is 14.7. The predicted octanol–water partition coefficient (Wildman–Crippen LogP) is 5.23. The van der Waals surface area contributed by atoms with E-state index in [9.17, 15) is 18.3 Å². The van der Waals surface area contributed by atoms with Crippen LogP contribution in [0.3, 0.4) is 0 Å². The molecule has 0 saturated carbocycles. The van der Waals surface area contributed by atoms with Crippen LogP contribution in [0.2, 0.25) is 5.02 Å². The molecule has 1 atom stereocenters. The molecule has 0 spiro atoms. The van der Waals surface area contributed by atoms with Gasteiger partial charge in [0.25, 0.3) is 0 Å². The van der Waals surface area contributed by atoms with Crippen molar-refractivity contribution in [3.63, 3.8) is 0 Å². The van der Waals surface area contributed by atoms with E-state index in [1.807, 2.05) is 0 Å². The van der Waals surface area contributed by atoms with E-state index in [1.54, 1.807) is 6.92 Å². The van der Waals surface area contributed by atoms with E-state index in [1.165, 1.54) is 12.1 Å². The Hall–Kier alpha value is -1.86. The van der Waals surface area contributed by atoms with Crippen molar-refractivity contribution in [3.05, 3.63) is 70.3 Å². The first-order chi connectivity index (χ1) is 11.8. The summed E-state index contributed by atoms with van der Waals surface area (Å²) in [6.07, 6.45) is 0. The molecule has 1 unspecified atom stereocenters. The second kappa shape index (κ2) is 6.46. The van der Waals surface area contributed by atoms with Crippen molar-refractivity contribution < 1.29 is 18.3 Å². The summed E-state index contributed by atoms with van der Waals surface area (Å²) in [5.74, 6) is -2.56. The molecule has 0 saturated heterocycles. The number of aliphatic hydroxyl groups excluding tert-OH is 1. The highest BCUT2D eigenvalue weighted by atomic mass is 35.5. The Morgan fingerprint density at radius 3 is 2.40 bits per heavy atom. The minimum atomic E-state index is -0.978. The van der Waals surface area contributed by atoms with Crippen molar-refractivity contribution >= 4 is 39.9 Å². The number of allylic oxidation sites excluding steroid dienone is 1. The lowest BCUT2D eigenvalue weighted by Crippen LogP contribution is -2.47. The predicted molar refractivity (Wildman–Crippen MR) is 92.3 cm³/mol. The summed E-state index contributed by atoms with van der Waals surface area (Å²) in [6, 6.07) is 6.72. The number of hydrogen-bond acceptors (Lipinski definition) is 2. The zero-order chi connectivity index (χ0) is 18.4. The second-order valence-electron chi connectivity index (χ2n) is 5.41. The molecule has 130 valence electrons. The van der Waals surface area contributed by atoms with Crippen LogP contribution in [0.4, 0.5) is 24.5 Å². The SMILES string of the molecule is CC1=C(CO)[N+](c2ccc(F)cc2F)(c2c(F)cccc2Cl)C(Cl)=N1. The Labute approximate surface area is 151 Å². The smallest absolute Gasteiger partial charge is 0.315 e. The normalized spacial score (nSPS) is 20.2. The summed E-state index contributed by atoms with van der Waals surface area (Å²) in [7, 11) is 0. The molecule has 0 aromatic heterocycles. The van der Waals surface area contributed by atoms with Gasteiger partial charge in [-0.25, -0.2) is 13.2 Å². The molecule has 8 heteroatoms. The number of benzene rings is 2. The van der Waals surface area contributed by atoms with Crippen LogP contribution in [0, 0.1) is 17.5 Å². The van der Waals surface area contributed by atoms with E-state index in [0.717, 1.165) is 18.2 Å². The van der Waals surface area contributed by atoms with Gasteiger partial charge in [0.05, 0.1) is 0 Å². The molecular weight excluding hydrogens is 376 g/mol. The molecular formula is C17H12Cl2F3N2O+. The lowest BCUT2D eigenvalue weighted by molar-refractivity contribution is 0.308. The fraction of sp³-hybridized carbons (Fsp3) is 0.118. The Kier molecular flexibility index (Phi) is 4.64. The zero-order valence-electron chi connectivity index (χ0n) is 12.9. The van der Waals surface area contributed by atoms with E-state index in [4.69, 9.17) is 23.2 Å². The molecule has 1 aliphatic heterocycles. The van der Waals surface area contributed by atoms with Crippen LogP contribution in [0.1, 0.15) is 6.92 Å². The Balaban J connectivity index is 2.49. The minimum Gasteiger partial charge on any atom is -0.386 e. The van der Waals surface area contributed by atoms with E-state index in [-0.39, 0.29) is 33.1 Å². The second-order valence-corrected chi connectivity index (χ2v) is 6.15. The van der Waals surface area contributed by atoms with Crippen molar-refractivity contribution in [2.24, 2.45) is 4.99 Å². The van der Waals surface area contributed by atoms with Crippen molar-refractivity contribution in [2.75, 3.05) is 6.61 Å². The number of rotatable bonds is 3. The van der Waals surface area contributed by atoms with Crippen molar-refractivity contribution in [3.8, 4) is 0 Å². The van der Waals surface area contributed by atoms with Gasteiger partial charge in [-0.1, -0.05) is 17.7 Å². The van der Waals surface area contributed by atoms with Crippen molar-refractivity contribution in [1.29, 1.82) is 0 Å². The standard InChI is InChI=1S/C17H12Cl2F3N2O/c1-9-15(8-25)24(17(19)23-9,14-6-5-10(20)7-13(14)22)16-11(18)3-2-4-12(16)21/h2-7,25H,8H2,1H3/q+1. The monoisotopic (exact) mass is 387 g/mol. The highest BCUT2D eigenvalue weighted by Crippen LogP contribution is 2.50. The van der Waals surface area contributed by atoms with E-state index in [2.05, 4.69) is 4.99 Å². The first kappa shape index (κ1) is 17.9. The zero-order valence-corrected chi connectivity index (χ0v) is 14.4. The summed E-state index contributed by atoms with van der Waals surface area (Å²) in [5.41, 5.74) is -0.00886. The molecule has 0 amide bonds. The average Bonchev–Trinajstić information content (AvgIpc) is 2.78. The van der Waals surface area contributed by atoms with Crippen LogP contribution >= 0.6 is 23.2 Å². The number of nitrogens with zero attached hydrogens (tertiary/aromatic N) is 2. The number of amidine groups is 1. The molecule has 0 fully saturated rings. The Bertz CT molecular complexity index is 910. The van der Waals surface area contributed by atoms with Crippen LogP contribution < -0.4 is 4.48 Å². The molecule has 1 N–H and O–H groups in total. The summed E-state index contributed by atoms with van der Waals surface area (Å²) < 4.78 is 41.9. The summed E-state index contributed by atoms with van der Waals surface area (Å²) >= 11 is 12.5.